The number of fused-ring (bicyclic) bond motifs is 1. The summed E-state index contributed by atoms with van der Waals surface area (Å²) in [4.78, 5) is 26.4. The average molecular weight is 338 g/mol. The molecular weight excluding hydrogens is 316 g/mol. The smallest absolute Gasteiger partial charge is 0.323 e. The molecule has 1 aliphatic heterocycles. The molecule has 3 rings (SSSR count). The molecule has 0 aliphatic carbocycles. The lowest BCUT2D eigenvalue weighted by Crippen LogP contribution is -2.49. The number of ether oxygens (including phenoxy) is 1. The van der Waals surface area contributed by atoms with Gasteiger partial charge in [-0.05, 0) is 23.1 Å². The number of nitrogens with one attached hydrogen (secondary N) is 1. The normalized spacial score (nSPS) is 16.8. The minimum atomic E-state index is -0.428. The van der Waals surface area contributed by atoms with E-state index in [1.54, 1.807) is 0 Å². The van der Waals surface area contributed by atoms with Crippen molar-refractivity contribution >= 4 is 11.9 Å². The zero-order valence-electron chi connectivity index (χ0n) is 14.3. The van der Waals surface area contributed by atoms with Gasteiger partial charge in [0.05, 0.1) is 13.7 Å². The average Bonchev–Trinajstić information content (AvgIpc) is 2.66. The van der Waals surface area contributed by atoms with E-state index in [4.69, 9.17) is 4.74 Å². The third kappa shape index (κ3) is 4.25. The first-order valence-corrected chi connectivity index (χ1v) is 8.36. The minimum Gasteiger partial charge on any atom is -0.468 e. The second-order valence-electron chi connectivity index (χ2n) is 6.18. The van der Waals surface area contributed by atoms with Gasteiger partial charge in [-0.3, -0.25) is 14.5 Å². The lowest BCUT2D eigenvalue weighted by Gasteiger charge is -2.34. The molecule has 0 aromatic heterocycles. The topological polar surface area (TPSA) is 58.6 Å². The van der Waals surface area contributed by atoms with Gasteiger partial charge < -0.3 is 10.1 Å². The Kier molecular flexibility index (Phi) is 5.46. The zero-order chi connectivity index (χ0) is 17.6. The van der Waals surface area contributed by atoms with Crippen molar-refractivity contribution in [2.45, 2.75) is 25.6 Å². The molecule has 5 nitrogen and oxygen atoms in total. The number of amides is 1. The van der Waals surface area contributed by atoms with Crippen LogP contribution >= 0.6 is 0 Å². The summed E-state index contributed by atoms with van der Waals surface area (Å²) in [6.45, 7) is 1.21. The maximum absolute atomic E-state index is 12.3. The predicted octanol–water partition coefficient (Wildman–Crippen LogP) is 1.90. The van der Waals surface area contributed by atoms with Crippen molar-refractivity contribution in [3.05, 3.63) is 71.3 Å². The van der Waals surface area contributed by atoms with Crippen molar-refractivity contribution in [1.29, 1.82) is 0 Å². The number of esters is 1. The highest BCUT2D eigenvalue weighted by molar-refractivity contribution is 5.81. The molecule has 1 N–H and O–H groups in total. The first kappa shape index (κ1) is 17.2. The van der Waals surface area contributed by atoms with Gasteiger partial charge in [0.25, 0.3) is 0 Å². The van der Waals surface area contributed by atoms with Crippen LogP contribution in [0.4, 0.5) is 0 Å². The standard InChI is InChI=1S/C20H22N2O3/c1-25-20(24)18-11-16-9-5-6-10-17(16)13-22(18)14-19(23)21-12-15-7-3-2-4-8-15/h2-10,18H,11-14H2,1H3,(H,21,23)/t18-/m0/s1. The van der Waals surface area contributed by atoms with Crippen LogP contribution in [0.1, 0.15) is 16.7 Å². The molecule has 0 bridgehead atoms. The van der Waals surface area contributed by atoms with Crippen LogP contribution in [0.2, 0.25) is 0 Å². The third-order valence-corrected chi connectivity index (χ3v) is 4.50. The molecule has 2 aromatic rings. The van der Waals surface area contributed by atoms with Gasteiger partial charge in [0, 0.05) is 13.1 Å². The maximum Gasteiger partial charge on any atom is 0.323 e. The molecule has 1 aliphatic rings. The molecule has 0 fully saturated rings. The van der Waals surface area contributed by atoms with Crippen molar-refractivity contribution in [2.24, 2.45) is 0 Å². The fourth-order valence-corrected chi connectivity index (χ4v) is 3.15. The van der Waals surface area contributed by atoms with Gasteiger partial charge in [-0.1, -0.05) is 54.6 Å². The number of methoxy groups -OCH3 is 1. The lowest BCUT2D eigenvalue weighted by atomic mass is 9.94. The van der Waals surface area contributed by atoms with E-state index in [0.29, 0.717) is 19.5 Å². The largest absolute Gasteiger partial charge is 0.468 e. The second-order valence-corrected chi connectivity index (χ2v) is 6.18. The number of rotatable bonds is 5. The summed E-state index contributed by atoms with van der Waals surface area (Å²) in [6.07, 6.45) is 0.564. The van der Waals surface area contributed by atoms with Crippen LogP contribution in [-0.2, 0) is 33.8 Å². The molecule has 0 saturated carbocycles. The molecule has 0 saturated heterocycles. The Hall–Kier alpha value is -2.66. The van der Waals surface area contributed by atoms with Crippen molar-refractivity contribution in [3.8, 4) is 0 Å². The second kappa shape index (κ2) is 7.94. The van der Waals surface area contributed by atoms with Gasteiger partial charge in [-0.2, -0.15) is 0 Å². The number of hydrogen-bond acceptors (Lipinski definition) is 4. The quantitative estimate of drug-likeness (QED) is 0.846. The van der Waals surface area contributed by atoms with E-state index < -0.39 is 6.04 Å². The fraction of sp³-hybridized carbons (Fsp3) is 0.300. The summed E-state index contributed by atoms with van der Waals surface area (Å²) < 4.78 is 4.93. The fourth-order valence-electron chi connectivity index (χ4n) is 3.15. The van der Waals surface area contributed by atoms with Crippen LogP contribution < -0.4 is 5.32 Å². The Balaban J connectivity index is 1.66. The van der Waals surface area contributed by atoms with Crippen LogP contribution in [0.15, 0.2) is 54.6 Å². The summed E-state index contributed by atoms with van der Waals surface area (Å²) in [5.41, 5.74) is 3.33. The summed E-state index contributed by atoms with van der Waals surface area (Å²) in [5.74, 6) is -0.400. The minimum absolute atomic E-state index is 0.0999. The zero-order valence-corrected chi connectivity index (χ0v) is 14.3. The van der Waals surface area contributed by atoms with Gasteiger partial charge in [0.15, 0.2) is 0 Å². The first-order valence-electron chi connectivity index (χ1n) is 8.36. The molecule has 0 radical (unpaired) electrons. The molecule has 130 valence electrons. The molecule has 1 heterocycles. The van der Waals surface area contributed by atoms with E-state index in [2.05, 4.69) is 5.32 Å². The Morgan fingerprint density at radius 1 is 1.08 bits per heavy atom. The Morgan fingerprint density at radius 3 is 2.48 bits per heavy atom. The van der Waals surface area contributed by atoms with E-state index in [9.17, 15) is 9.59 Å². The molecule has 1 amide bonds. The van der Waals surface area contributed by atoms with Crippen molar-refractivity contribution in [3.63, 3.8) is 0 Å². The highest BCUT2D eigenvalue weighted by Crippen LogP contribution is 2.23. The predicted molar refractivity (Wildman–Crippen MR) is 94.6 cm³/mol. The molecule has 0 spiro atoms. The SMILES string of the molecule is COC(=O)[C@@H]1Cc2ccccc2CN1CC(=O)NCc1ccccc1. The molecular formula is C20H22N2O3. The van der Waals surface area contributed by atoms with Crippen molar-refractivity contribution in [2.75, 3.05) is 13.7 Å². The number of hydrogen-bond donors (Lipinski definition) is 1. The number of nitrogens with zero attached hydrogens (tertiary/aromatic N) is 1. The summed E-state index contributed by atoms with van der Waals surface area (Å²) in [7, 11) is 1.39. The Morgan fingerprint density at radius 2 is 1.76 bits per heavy atom. The molecule has 25 heavy (non-hydrogen) atoms. The molecule has 0 unspecified atom stereocenters. The highest BCUT2D eigenvalue weighted by Gasteiger charge is 2.33. The van der Waals surface area contributed by atoms with Gasteiger partial charge in [0.2, 0.25) is 5.91 Å². The Bertz CT molecular complexity index is 746. The summed E-state index contributed by atoms with van der Waals surface area (Å²) in [6, 6.07) is 17.3. The van der Waals surface area contributed by atoms with Crippen molar-refractivity contribution in [1.82, 2.24) is 10.2 Å². The number of benzene rings is 2. The molecule has 5 heteroatoms. The van der Waals surface area contributed by atoms with Gasteiger partial charge in [0.1, 0.15) is 6.04 Å². The third-order valence-electron chi connectivity index (χ3n) is 4.50. The van der Waals surface area contributed by atoms with Gasteiger partial charge >= 0.3 is 5.97 Å². The molecule has 2 aromatic carbocycles. The first-order chi connectivity index (χ1) is 12.2. The van der Waals surface area contributed by atoms with E-state index in [-0.39, 0.29) is 18.4 Å². The van der Waals surface area contributed by atoms with Crippen LogP contribution in [0.25, 0.3) is 0 Å². The monoisotopic (exact) mass is 338 g/mol. The van der Waals surface area contributed by atoms with E-state index >= 15 is 0 Å². The summed E-state index contributed by atoms with van der Waals surface area (Å²) in [5, 5.41) is 2.91. The maximum atomic E-state index is 12.3. The van der Waals surface area contributed by atoms with Gasteiger partial charge in [-0.15, -0.1) is 0 Å². The van der Waals surface area contributed by atoms with Crippen LogP contribution in [-0.4, -0.2) is 36.5 Å². The van der Waals surface area contributed by atoms with Crippen LogP contribution in [0.5, 0.6) is 0 Å². The number of carbonyl (C=O) groups excluding carboxylic acids is 2. The van der Waals surface area contributed by atoms with Crippen LogP contribution in [0, 0.1) is 0 Å². The van der Waals surface area contributed by atoms with E-state index in [0.717, 1.165) is 16.7 Å². The van der Waals surface area contributed by atoms with Crippen molar-refractivity contribution < 1.29 is 14.3 Å². The summed E-state index contributed by atoms with van der Waals surface area (Å²) >= 11 is 0. The van der Waals surface area contributed by atoms with Gasteiger partial charge in [-0.25, -0.2) is 0 Å². The van der Waals surface area contributed by atoms with Crippen LogP contribution in [0.3, 0.4) is 0 Å². The Labute approximate surface area is 147 Å². The number of carbonyl (C=O) groups is 2. The highest BCUT2D eigenvalue weighted by atomic mass is 16.5. The molecule has 1 atom stereocenters. The van der Waals surface area contributed by atoms with E-state index in [1.807, 2.05) is 59.5 Å². The van der Waals surface area contributed by atoms with E-state index in [1.165, 1.54) is 7.11 Å². The lowest BCUT2D eigenvalue weighted by molar-refractivity contribution is -0.148.